The first kappa shape index (κ1) is 61.0. The van der Waals surface area contributed by atoms with Gasteiger partial charge < -0.3 is 45.1 Å². The Hall–Kier alpha value is -6.84. The number of aryl methyl sites for hydroxylation is 1. The maximum absolute atomic E-state index is 14.6. The summed E-state index contributed by atoms with van der Waals surface area (Å²) in [6, 6.07) is 19.2. The van der Waals surface area contributed by atoms with Crippen molar-refractivity contribution in [3.63, 3.8) is 0 Å². The standard InChI is InChI=1S/C56H73ClN8O12/c1-37(2)50(62-47(67)22-27-74-29-31-76-33-34-77-32-30-75-28-24-58-46(66)21-26-63-48(68)19-20-49(63)69)54(71)60-40(6)53(70)59-23-10-25-64(55(72)42-15-13-39(5)14-16-42)51(38(3)4)52-61-45-35-43(57)17-18-44(45)56(73)65(52)36-41-11-8-7-9-12-41/h7-9,11-20,35,37-38,40,50-51H,10,21-34,36H2,1-6H3,(H,58,66)(H,59,70)(H,60,71)(H,62,67)/t40-,50?,51?/m0/s1. The summed E-state index contributed by atoms with van der Waals surface area (Å²) in [6.45, 7) is 14.0. The Kier molecular flexibility index (Phi) is 24.9. The normalized spacial score (nSPS) is 13.5. The van der Waals surface area contributed by atoms with Crippen molar-refractivity contribution in [1.82, 2.24) is 40.6 Å². The molecule has 2 heterocycles. The summed E-state index contributed by atoms with van der Waals surface area (Å²) in [5.74, 6) is -2.91. The first-order valence-electron chi connectivity index (χ1n) is 26.0. The lowest BCUT2D eigenvalue weighted by Crippen LogP contribution is -2.54. The molecule has 4 N–H and O–H groups in total. The molecule has 1 aliphatic heterocycles. The fourth-order valence-corrected chi connectivity index (χ4v) is 8.45. The Morgan fingerprint density at radius 3 is 1.92 bits per heavy atom. The summed E-state index contributed by atoms with van der Waals surface area (Å²) in [5.41, 5.74) is 2.47. The Morgan fingerprint density at radius 2 is 1.30 bits per heavy atom. The number of nitrogens with zero attached hydrogens (tertiary/aromatic N) is 4. The third-order valence-corrected chi connectivity index (χ3v) is 12.7. The number of benzene rings is 3. The number of fused-ring (bicyclic) bond motifs is 1. The lowest BCUT2D eigenvalue weighted by Gasteiger charge is -2.35. The average molecular weight is 1090 g/mol. The van der Waals surface area contributed by atoms with Crippen molar-refractivity contribution in [2.75, 3.05) is 79.0 Å². The second kappa shape index (κ2) is 31.4. The van der Waals surface area contributed by atoms with Crippen molar-refractivity contribution in [2.24, 2.45) is 11.8 Å². The van der Waals surface area contributed by atoms with Crippen LogP contribution < -0.4 is 26.8 Å². The van der Waals surface area contributed by atoms with Crippen LogP contribution in [0.25, 0.3) is 10.9 Å². The second-order valence-electron chi connectivity index (χ2n) is 19.2. The summed E-state index contributed by atoms with van der Waals surface area (Å²) in [7, 11) is 0. The van der Waals surface area contributed by atoms with Crippen molar-refractivity contribution >= 4 is 63.9 Å². The van der Waals surface area contributed by atoms with E-state index < -0.39 is 47.7 Å². The van der Waals surface area contributed by atoms with Gasteiger partial charge in [-0.1, -0.05) is 87.3 Å². The van der Waals surface area contributed by atoms with E-state index >= 15 is 0 Å². The topological polar surface area (TPSA) is 246 Å². The zero-order valence-electron chi connectivity index (χ0n) is 44.8. The van der Waals surface area contributed by atoms with Crippen molar-refractivity contribution < 1.29 is 52.5 Å². The third-order valence-electron chi connectivity index (χ3n) is 12.4. The van der Waals surface area contributed by atoms with Crippen LogP contribution in [-0.2, 0) is 54.3 Å². The molecule has 20 nitrogen and oxygen atoms in total. The molecule has 0 bridgehead atoms. The number of carbonyl (C=O) groups is 7. The number of ether oxygens (including phenoxy) is 4. The van der Waals surface area contributed by atoms with Gasteiger partial charge in [0.05, 0.1) is 76.3 Å². The van der Waals surface area contributed by atoms with E-state index in [2.05, 4.69) is 21.3 Å². The number of halogens is 1. The maximum Gasteiger partial charge on any atom is 0.261 e. The van der Waals surface area contributed by atoms with Gasteiger partial charge in [-0.25, -0.2) is 4.98 Å². The molecule has 4 aromatic rings. The van der Waals surface area contributed by atoms with Gasteiger partial charge in [0, 0.05) is 61.8 Å². The minimum Gasteiger partial charge on any atom is -0.379 e. The molecule has 416 valence electrons. The van der Waals surface area contributed by atoms with Crippen LogP contribution >= 0.6 is 11.6 Å². The van der Waals surface area contributed by atoms with Crippen molar-refractivity contribution in [2.45, 2.75) is 85.5 Å². The molecule has 0 spiro atoms. The van der Waals surface area contributed by atoms with Crippen LogP contribution in [0.1, 0.15) is 87.2 Å². The van der Waals surface area contributed by atoms with Crippen LogP contribution in [-0.4, -0.2) is 152 Å². The predicted molar refractivity (Wildman–Crippen MR) is 290 cm³/mol. The molecule has 1 aliphatic rings. The van der Waals surface area contributed by atoms with Crippen LogP contribution in [0.4, 0.5) is 0 Å². The lowest BCUT2D eigenvalue weighted by atomic mass is 9.98. The molecule has 0 aliphatic carbocycles. The molecular formula is C56H73ClN8O12. The fraction of sp³-hybridized carbons (Fsp3) is 0.482. The molecule has 5 rings (SSSR count). The number of hydrogen-bond donors (Lipinski definition) is 4. The SMILES string of the molecule is Cc1ccc(C(=O)N(CCCNC(=O)[C@H](C)NC(=O)C(NC(=O)CCOCCOCCOCCOCCNC(=O)CCN2C(=O)C=CC2=O)C(C)C)C(c2nc3cc(Cl)ccc3c(=O)n2Cc2ccccc2)C(C)C)cc1. The number of carbonyl (C=O) groups excluding carboxylic acids is 7. The van der Waals surface area contributed by atoms with Crippen LogP contribution in [0.15, 0.2) is 89.7 Å². The Morgan fingerprint density at radius 1 is 0.675 bits per heavy atom. The maximum atomic E-state index is 14.6. The third kappa shape index (κ3) is 19.3. The number of imide groups is 1. The fourth-order valence-electron chi connectivity index (χ4n) is 8.29. The zero-order chi connectivity index (χ0) is 55.9. The summed E-state index contributed by atoms with van der Waals surface area (Å²) in [4.78, 5) is 111. The van der Waals surface area contributed by atoms with Gasteiger partial charge in [0.2, 0.25) is 23.6 Å². The van der Waals surface area contributed by atoms with Crippen molar-refractivity contribution in [3.05, 3.63) is 123 Å². The summed E-state index contributed by atoms with van der Waals surface area (Å²) in [5, 5.41) is 11.8. The number of aromatic nitrogens is 2. The van der Waals surface area contributed by atoms with E-state index in [1.54, 1.807) is 60.6 Å². The van der Waals surface area contributed by atoms with Crippen LogP contribution in [0.5, 0.6) is 0 Å². The zero-order valence-corrected chi connectivity index (χ0v) is 45.6. The average Bonchev–Trinajstić information content (AvgIpc) is 3.74. The Balaban J connectivity index is 1.02. The van der Waals surface area contributed by atoms with Gasteiger partial charge in [-0.05, 0) is 68.0 Å². The first-order chi connectivity index (χ1) is 36.9. The molecule has 2 unspecified atom stereocenters. The van der Waals surface area contributed by atoms with Gasteiger partial charge in [0.25, 0.3) is 23.3 Å². The number of amides is 7. The highest BCUT2D eigenvalue weighted by atomic mass is 35.5. The molecule has 0 fully saturated rings. The van der Waals surface area contributed by atoms with E-state index in [4.69, 9.17) is 35.5 Å². The minimum absolute atomic E-state index is 0.00484. The molecule has 3 atom stereocenters. The number of nitrogens with one attached hydrogen (secondary N) is 4. The largest absolute Gasteiger partial charge is 0.379 e. The van der Waals surface area contributed by atoms with Crippen molar-refractivity contribution in [3.8, 4) is 0 Å². The molecular weight excluding hydrogens is 1010 g/mol. The lowest BCUT2D eigenvalue weighted by molar-refractivity contribution is -0.137. The summed E-state index contributed by atoms with van der Waals surface area (Å²) >= 11 is 6.41. The molecule has 7 amide bonds. The van der Waals surface area contributed by atoms with Gasteiger partial charge in [-0.3, -0.25) is 47.8 Å². The Labute approximate surface area is 454 Å². The minimum atomic E-state index is -0.955. The van der Waals surface area contributed by atoms with Gasteiger partial charge in [-0.15, -0.1) is 0 Å². The molecule has 1 aromatic heterocycles. The van der Waals surface area contributed by atoms with E-state index in [0.717, 1.165) is 16.0 Å². The van der Waals surface area contributed by atoms with E-state index in [-0.39, 0.29) is 101 Å². The monoisotopic (exact) mass is 1080 g/mol. The van der Waals surface area contributed by atoms with E-state index in [1.807, 2.05) is 63.2 Å². The Bertz CT molecular complexity index is 2700. The molecule has 21 heteroatoms. The second-order valence-corrected chi connectivity index (χ2v) is 19.6. The van der Waals surface area contributed by atoms with E-state index in [9.17, 15) is 38.4 Å². The molecule has 0 saturated carbocycles. The van der Waals surface area contributed by atoms with Crippen molar-refractivity contribution in [1.29, 1.82) is 0 Å². The molecule has 3 aromatic carbocycles. The highest BCUT2D eigenvalue weighted by Gasteiger charge is 2.33. The first-order valence-corrected chi connectivity index (χ1v) is 26.4. The predicted octanol–water partition coefficient (Wildman–Crippen LogP) is 4.29. The number of hydrogen-bond acceptors (Lipinski definition) is 13. The van der Waals surface area contributed by atoms with Crippen LogP contribution in [0.2, 0.25) is 5.02 Å². The van der Waals surface area contributed by atoms with Crippen LogP contribution in [0, 0.1) is 18.8 Å². The van der Waals surface area contributed by atoms with Gasteiger partial charge in [0.15, 0.2) is 0 Å². The van der Waals surface area contributed by atoms with Gasteiger partial charge in [0.1, 0.15) is 17.9 Å². The molecule has 0 radical (unpaired) electrons. The summed E-state index contributed by atoms with van der Waals surface area (Å²) in [6.07, 6.45) is 2.68. The summed E-state index contributed by atoms with van der Waals surface area (Å²) < 4.78 is 23.6. The highest BCUT2D eigenvalue weighted by Crippen LogP contribution is 2.31. The van der Waals surface area contributed by atoms with E-state index in [1.165, 1.54) is 12.2 Å². The van der Waals surface area contributed by atoms with Gasteiger partial charge in [-0.2, -0.15) is 0 Å². The van der Waals surface area contributed by atoms with Crippen LogP contribution in [0.3, 0.4) is 0 Å². The molecule has 77 heavy (non-hydrogen) atoms. The van der Waals surface area contributed by atoms with Gasteiger partial charge >= 0.3 is 0 Å². The smallest absolute Gasteiger partial charge is 0.261 e. The van der Waals surface area contributed by atoms with E-state index in [0.29, 0.717) is 60.2 Å². The quantitative estimate of drug-likeness (QED) is 0.0385. The molecule has 0 saturated heterocycles. The number of rotatable bonds is 33. The highest BCUT2D eigenvalue weighted by molar-refractivity contribution is 6.31.